The van der Waals surface area contributed by atoms with Crippen LogP contribution in [0.2, 0.25) is 0 Å². The van der Waals surface area contributed by atoms with Crippen molar-refractivity contribution in [2.24, 2.45) is 0 Å². The quantitative estimate of drug-likeness (QED) is 0.941. The van der Waals surface area contributed by atoms with Crippen molar-refractivity contribution in [3.05, 3.63) is 35.3 Å². The Morgan fingerprint density at radius 3 is 3.09 bits per heavy atom. The third kappa shape index (κ3) is 2.65. The van der Waals surface area contributed by atoms with E-state index in [-0.39, 0.29) is 5.91 Å². The van der Waals surface area contributed by atoms with E-state index in [0.29, 0.717) is 30.3 Å². The average Bonchev–Trinajstić information content (AvgIpc) is 3.22. The number of aryl methyl sites for hydroxylation is 2. The third-order valence-corrected chi connectivity index (χ3v) is 4.41. The minimum Gasteiger partial charge on any atom is -0.448 e. The van der Waals surface area contributed by atoms with Gasteiger partial charge in [0.25, 0.3) is 5.91 Å². The average molecular weight is 302 g/mol. The largest absolute Gasteiger partial charge is 0.448 e. The van der Waals surface area contributed by atoms with Gasteiger partial charge in [-0.05, 0) is 24.8 Å². The second-order valence-corrected chi connectivity index (χ2v) is 5.73. The molecular formula is C16H22N4O2. The van der Waals surface area contributed by atoms with Crippen LogP contribution in [0.5, 0.6) is 0 Å². The highest BCUT2D eigenvalue weighted by Crippen LogP contribution is 2.29. The minimum atomic E-state index is -0.0205. The molecule has 118 valence electrons. The van der Waals surface area contributed by atoms with Gasteiger partial charge in [-0.15, -0.1) is 0 Å². The van der Waals surface area contributed by atoms with Crippen LogP contribution in [0, 0.1) is 0 Å². The highest BCUT2D eigenvalue weighted by Gasteiger charge is 2.29. The monoisotopic (exact) mass is 302 g/mol. The fourth-order valence-electron chi connectivity index (χ4n) is 3.20. The molecule has 1 N–H and O–H groups in total. The van der Waals surface area contributed by atoms with Crippen molar-refractivity contribution in [2.75, 3.05) is 13.1 Å². The van der Waals surface area contributed by atoms with Crippen molar-refractivity contribution in [2.45, 2.75) is 45.4 Å². The van der Waals surface area contributed by atoms with Crippen LogP contribution in [0.3, 0.4) is 0 Å². The molecule has 6 nitrogen and oxygen atoms in total. The van der Waals surface area contributed by atoms with Gasteiger partial charge in [0.1, 0.15) is 5.76 Å². The van der Waals surface area contributed by atoms with Gasteiger partial charge >= 0.3 is 0 Å². The van der Waals surface area contributed by atoms with E-state index >= 15 is 0 Å². The number of aromatic amines is 1. The molecule has 0 spiro atoms. The van der Waals surface area contributed by atoms with Crippen LogP contribution in [0.1, 0.15) is 60.1 Å². The topological polar surface area (TPSA) is 75.0 Å². The number of H-pyrrole nitrogens is 1. The second kappa shape index (κ2) is 6.34. The van der Waals surface area contributed by atoms with Gasteiger partial charge in [-0.25, -0.2) is 4.98 Å². The summed E-state index contributed by atoms with van der Waals surface area (Å²) in [5, 5.41) is 7.28. The number of carbonyl (C=O) groups is 1. The van der Waals surface area contributed by atoms with Crippen LogP contribution in [0.15, 0.2) is 17.0 Å². The summed E-state index contributed by atoms with van der Waals surface area (Å²) in [4.78, 5) is 18.7. The summed E-state index contributed by atoms with van der Waals surface area (Å²) in [6.07, 6.45) is 6.97. The Hall–Kier alpha value is -2.11. The van der Waals surface area contributed by atoms with Gasteiger partial charge in [0.2, 0.25) is 0 Å². The van der Waals surface area contributed by atoms with Gasteiger partial charge in [-0.2, -0.15) is 5.10 Å². The minimum absolute atomic E-state index is 0.0205. The zero-order valence-electron chi connectivity index (χ0n) is 13.1. The Morgan fingerprint density at radius 1 is 1.45 bits per heavy atom. The lowest BCUT2D eigenvalue weighted by Gasteiger charge is -2.32. The number of hydrogen-bond acceptors (Lipinski definition) is 4. The lowest BCUT2D eigenvalue weighted by atomic mass is 9.92. The summed E-state index contributed by atoms with van der Waals surface area (Å²) in [6.45, 7) is 5.59. The van der Waals surface area contributed by atoms with Crippen LogP contribution in [-0.2, 0) is 12.8 Å². The van der Waals surface area contributed by atoms with E-state index in [1.165, 1.54) is 17.7 Å². The first kappa shape index (κ1) is 14.8. The number of amides is 1. The number of aromatic nitrogens is 3. The van der Waals surface area contributed by atoms with E-state index in [9.17, 15) is 4.79 Å². The summed E-state index contributed by atoms with van der Waals surface area (Å²) < 4.78 is 5.29. The molecule has 0 aliphatic carbocycles. The van der Waals surface area contributed by atoms with E-state index in [2.05, 4.69) is 22.1 Å². The highest BCUT2D eigenvalue weighted by atomic mass is 16.3. The summed E-state index contributed by atoms with van der Waals surface area (Å²) in [7, 11) is 0. The summed E-state index contributed by atoms with van der Waals surface area (Å²) in [5.74, 6) is 0.975. The Kier molecular flexibility index (Phi) is 4.27. The maximum Gasteiger partial charge on any atom is 0.276 e. The molecule has 0 unspecified atom stereocenters. The smallest absolute Gasteiger partial charge is 0.276 e. The highest BCUT2D eigenvalue weighted by molar-refractivity contribution is 5.93. The van der Waals surface area contributed by atoms with Crippen LogP contribution in [0.4, 0.5) is 0 Å². The summed E-state index contributed by atoms with van der Waals surface area (Å²) in [6, 6.07) is 0. The van der Waals surface area contributed by atoms with E-state index in [4.69, 9.17) is 4.42 Å². The van der Waals surface area contributed by atoms with Crippen LogP contribution in [0.25, 0.3) is 0 Å². The van der Waals surface area contributed by atoms with Gasteiger partial charge in [0, 0.05) is 31.1 Å². The Balaban J connectivity index is 1.77. The zero-order chi connectivity index (χ0) is 15.5. The molecule has 3 rings (SSSR count). The van der Waals surface area contributed by atoms with Crippen molar-refractivity contribution in [3.63, 3.8) is 0 Å². The lowest BCUT2D eigenvalue weighted by Crippen LogP contribution is -2.39. The van der Waals surface area contributed by atoms with E-state index in [1.54, 1.807) is 0 Å². The number of piperidine rings is 1. The molecule has 1 amide bonds. The van der Waals surface area contributed by atoms with Crippen molar-refractivity contribution in [1.82, 2.24) is 20.1 Å². The third-order valence-electron chi connectivity index (χ3n) is 4.41. The molecular weight excluding hydrogens is 280 g/mol. The van der Waals surface area contributed by atoms with Crippen LogP contribution >= 0.6 is 0 Å². The van der Waals surface area contributed by atoms with Crippen molar-refractivity contribution in [3.8, 4) is 0 Å². The zero-order valence-corrected chi connectivity index (χ0v) is 13.1. The molecule has 1 aliphatic rings. The number of likely N-dealkylation sites (tertiary alicyclic amines) is 1. The van der Waals surface area contributed by atoms with E-state index < -0.39 is 0 Å². The Labute approximate surface area is 129 Å². The Bertz CT molecular complexity index is 646. The fourth-order valence-corrected chi connectivity index (χ4v) is 3.20. The number of nitrogens with one attached hydrogen (secondary N) is 1. The molecule has 2 aromatic heterocycles. The first-order valence-corrected chi connectivity index (χ1v) is 7.98. The molecule has 0 aromatic carbocycles. The van der Waals surface area contributed by atoms with Crippen molar-refractivity contribution >= 4 is 5.91 Å². The molecule has 0 radical (unpaired) electrons. The van der Waals surface area contributed by atoms with Crippen LogP contribution in [-0.4, -0.2) is 39.1 Å². The van der Waals surface area contributed by atoms with Gasteiger partial charge in [0.05, 0.1) is 6.20 Å². The molecule has 2 aromatic rings. The lowest BCUT2D eigenvalue weighted by molar-refractivity contribution is 0.0698. The SMILES string of the molecule is CCc1cn[nH]c1[C@@H]1CCCN(C(=O)c2ncoc2CC)C1. The maximum atomic E-state index is 12.7. The molecule has 1 atom stereocenters. The number of carbonyl (C=O) groups excluding carboxylic acids is 1. The number of rotatable bonds is 4. The van der Waals surface area contributed by atoms with Gasteiger partial charge < -0.3 is 9.32 Å². The molecule has 6 heteroatoms. The predicted molar refractivity (Wildman–Crippen MR) is 81.7 cm³/mol. The number of hydrogen-bond donors (Lipinski definition) is 1. The first-order valence-electron chi connectivity index (χ1n) is 7.98. The predicted octanol–water partition coefficient (Wildman–Crippen LogP) is 2.54. The molecule has 3 heterocycles. The summed E-state index contributed by atoms with van der Waals surface area (Å²) in [5.41, 5.74) is 2.88. The first-order chi connectivity index (χ1) is 10.7. The molecule has 0 bridgehead atoms. The molecule has 1 saturated heterocycles. The van der Waals surface area contributed by atoms with E-state index in [1.807, 2.05) is 18.0 Å². The van der Waals surface area contributed by atoms with Crippen LogP contribution < -0.4 is 0 Å². The number of nitrogens with zero attached hydrogens (tertiary/aromatic N) is 3. The van der Waals surface area contributed by atoms with Gasteiger partial charge in [-0.3, -0.25) is 9.89 Å². The molecule has 1 aliphatic heterocycles. The normalized spacial score (nSPS) is 18.6. The number of oxazole rings is 1. The Morgan fingerprint density at radius 2 is 2.32 bits per heavy atom. The fraction of sp³-hybridized carbons (Fsp3) is 0.562. The van der Waals surface area contributed by atoms with Gasteiger partial charge in [-0.1, -0.05) is 13.8 Å². The summed E-state index contributed by atoms with van der Waals surface area (Å²) >= 11 is 0. The van der Waals surface area contributed by atoms with E-state index in [0.717, 1.165) is 25.8 Å². The molecule has 1 fully saturated rings. The van der Waals surface area contributed by atoms with Gasteiger partial charge in [0.15, 0.2) is 12.1 Å². The molecule has 22 heavy (non-hydrogen) atoms. The standard InChI is InChI=1S/C16H22N4O2/c1-3-11-8-18-19-14(11)12-6-5-7-20(9-12)16(21)15-13(4-2)22-10-17-15/h8,10,12H,3-7,9H2,1-2H3,(H,18,19)/t12-/m1/s1. The van der Waals surface area contributed by atoms with Crippen molar-refractivity contribution in [1.29, 1.82) is 0 Å². The second-order valence-electron chi connectivity index (χ2n) is 5.73. The van der Waals surface area contributed by atoms with Crippen molar-refractivity contribution < 1.29 is 9.21 Å². The molecule has 0 saturated carbocycles. The maximum absolute atomic E-state index is 12.7.